The van der Waals surface area contributed by atoms with Crippen molar-refractivity contribution in [3.8, 4) is 0 Å². The van der Waals surface area contributed by atoms with E-state index in [0.717, 1.165) is 5.75 Å². The van der Waals surface area contributed by atoms with Gasteiger partial charge < -0.3 is 0 Å². The van der Waals surface area contributed by atoms with Crippen molar-refractivity contribution in [1.82, 2.24) is 0 Å². The van der Waals surface area contributed by atoms with Crippen LogP contribution in [0, 0.1) is 6.92 Å². The molecule has 0 bridgehead atoms. The standard InChI is InChI=1S/C10H10S/c1-7-4-3-5-9-8(2)11-6-10(7)9/h3-5H,2,6H2,1H3. The highest BCUT2D eigenvalue weighted by molar-refractivity contribution is 8.08. The van der Waals surface area contributed by atoms with Gasteiger partial charge in [0.25, 0.3) is 0 Å². The Hall–Kier alpha value is -0.690. The summed E-state index contributed by atoms with van der Waals surface area (Å²) in [5.41, 5.74) is 4.23. The molecule has 0 saturated carbocycles. The summed E-state index contributed by atoms with van der Waals surface area (Å²) in [6.07, 6.45) is 0. The largest absolute Gasteiger partial charge is 0.121 e. The summed E-state index contributed by atoms with van der Waals surface area (Å²) in [5, 5.41) is 0. The van der Waals surface area contributed by atoms with E-state index in [9.17, 15) is 0 Å². The molecular weight excluding hydrogens is 152 g/mol. The Morgan fingerprint density at radius 2 is 2.27 bits per heavy atom. The fourth-order valence-corrected chi connectivity index (χ4v) is 2.44. The molecule has 0 aromatic heterocycles. The minimum absolute atomic E-state index is 1.11. The highest BCUT2D eigenvalue weighted by Crippen LogP contribution is 2.40. The van der Waals surface area contributed by atoms with Crippen LogP contribution < -0.4 is 0 Å². The van der Waals surface area contributed by atoms with E-state index in [2.05, 4.69) is 31.7 Å². The molecule has 1 aliphatic rings. The molecule has 0 fully saturated rings. The number of aryl methyl sites for hydroxylation is 1. The summed E-state index contributed by atoms with van der Waals surface area (Å²) in [7, 11) is 0. The zero-order valence-electron chi connectivity index (χ0n) is 6.55. The molecule has 11 heavy (non-hydrogen) atoms. The second-order valence-electron chi connectivity index (χ2n) is 2.81. The molecule has 0 aliphatic carbocycles. The van der Waals surface area contributed by atoms with Crippen LogP contribution >= 0.6 is 11.8 Å². The van der Waals surface area contributed by atoms with E-state index < -0.39 is 0 Å². The maximum atomic E-state index is 4.00. The minimum Gasteiger partial charge on any atom is -0.121 e. The average molecular weight is 162 g/mol. The predicted octanol–water partition coefficient (Wildman–Crippen LogP) is 3.21. The second-order valence-corrected chi connectivity index (χ2v) is 3.88. The lowest BCUT2D eigenvalue weighted by Gasteiger charge is -2.00. The third kappa shape index (κ3) is 1.000. The normalized spacial score (nSPS) is 15.2. The minimum atomic E-state index is 1.11. The van der Waals surface area contributed by atoms with Crippen LogP contribution in [0.25, 0.3) is 4.91 Å². The molecule has 1 aromatic rings. The van der Waals surface area contributed by atoms with Crippen molar-refractivity contribution in [3.05, 3.63) is 41.5 Å². The van der Waals surface area contributed by atoms with Crippen LogP contribution in [-0.4, -0.2) is 0 Å². The smallest absolute Gasteiger partial charge is 0.0240 e. The lowest BCUT2D eigenvalue weighted by Crippen LogP contribution is -1.84. The first-order valence-corrected chi connectivity index (χ1v) is 4.68. The summed E-state index contributed by atoms with van der Waals surface area (Å²) in [4.78, 5) is 1.23. The van der Waals surface area contributed by atoms with E-state index in [0.29, 0.717) is 0 Å². The summed E-state index contributed by atoms with van der Waals surface area (Å²) in [6.45, 7) is 6.16. The molecule has 0 amide bonds. The molecule has 0 atom stereocenters. The lowest BCUT2D eigenvalue weighted by atomic mass is 10.0. The molecule has 0 N–H and O–H groups in total. The van der Waals surface area contributed by atoms with Crippen LogP contribution in [0.15, 0.2) is 24.8 Å². The van der Waals surface area contributed by atoms with Crippen molar-refractivity contribution in [2.24, 2.45) is 0 Å². The molecule has 56 valence electrons. The van der Waals surface area contributed by atoms with Crippen LogP contribution in [0.2, 0.25) is 0 Å². The van der Waals surface area contributed by atoms with Crippen LogP contribution in [0.5, 0.6) is 0 Å². The number of fused-ring (bicyclic) bond motifs is 1. The Morgan fingerprint density at radius 3 is 3.00 bits per heavy atom. The Kier molecular flexibility index (Phi) is 1.53. The number of hydrogen-bond acceptors (Lipinski definition) is 1. The van der Waals surface area contributed by atoms with Gasteiger partial charge in [-0.15, -0.1) is 11.8 Å². The fourth-order valence-electron chi connectivity index (χ4n) is 1.39. The average Bonchev–Trinajstić information content (AvgIpc) is 2.35. The molecule has 0 nitrogen and oxygen atoms in total. The van der Waals surface area contributed by atoms with Gasteiger partial charge >= 0.3 is 0 Å². The maximum absolute atomic E-state index is 4.00. The summed E-state index contributed by atoms with van der Waals surface area (Å²) < 4.78 is 0. The Bertz CT molecular complexity index is 313. The first-order chi connectivity index (χ1) is 5.29. The fraction of sp³-hybridized carbons (Fsp3) is 0.200. The third-order valence-corrected chi connectivity index (χ3v) is 3.10. The second kappa shape index (κ2) is 2.42. The van der Waals surface area contributed by atoms with Gasteiger partial charge in [-0.3, -0.25) is 0 Å². The van der Waals surface area contributed by atoms with Crippen molar-refractivity contribution in [2.75, 3.05) is 0 Å². The first kappa shape index (κ1) is 6.99. The number of benzene rings is 1. The predicted molar refractivity (Wildman–Crippen MR) is 51.5 cm³/mol. The van der Waals surface area contributed by atoms with Gasteiger partial charge in [-0.1, -0.05) is 24.8 Å². The molecule has 1 heteroatoms. The maximum Gasteiger partial charge on any atom is 0.0240 e. The van der Waals surface area contributed by atoms with Crippen molar-refractivity contribution in [2.45, 2.75) is 12.7 Å². The van der Waals surface area contributed by atoms with E-state index in [-0.39, 0.29) is 0 Å². The summed E-state index contributed by atoms with van der Waals surface area (Å²) in [5.74, 6) is 1.11. The number of thioether (sulfide) groups is 1. The van der Waals surface area contributed by atoms with Crippen LogP contribution in [0.4, 0.5) is 0 Å². The SMILES string of the molecule is C=C1SCc2c(C)cccc21. The lowest BCUT2D eigenvalue weighted by molar-refractivity contribution is 1.31. The van der Waals surface area contributed by atoms with Crippen molar-refractivity contribution < 1.29 is 0 Å². The van der Waals surface area contributed by atoms with E-state index in [4.69, 9.17) is 0 Å². The Morgan fingerprint density at radius 1 is 1.45 bits per heavy atom. The highest BCUT2D eigenvalue weighted by atomic mass is 32.2. The molecule has 0 unspecified atom stereocenters. The zero-order chi connectivity index (χ0) is 7.84. The number of rotatable bonds is 0. The molecule has 1 aromatic carbocycles. The van der Waals surface area contributed by atoms with Gasteiger partial charge in [0.2, 0.25) is 0 Å². The molecule has 1 heterocycles. The first-order valence-electron chi connectivity index (χ1n) is 3.69. The van der Waals surface area contributed by atoms with Crippen molar-refractivity contribution in [3.63, 3.8) is 0 Å². The van der Waals surface area contributed by atoms with Gasteiger partial charge in [-0.25, -0.2) is 0 Å². The molecule has 2 rings (SSSR count). The molecular formula is C10H10S. The van der Waals surface area contributed by atoms with Crippen molar-refractivity contribution in [1.29, 1.82) is 0 Å². The van der Waals surface area contributed by atoms with Crippen molar-refractivity contribution >= 4 is 16.7 Å². The molecule has 1 aliphatic heterocycles. The Balaban J connectivity index is 2.66. The van der Waals surface area contributed by atoms with E-state index >= 15 is 0 Å². The van der Waals surface area contributed by atoms with Gasteiger partial charge in [0.05, 0.1) is 0 Å². The number of hydrogen-bond donors (Lipinski definition) is 0. The van der Waals surface area contributed by atoms with E-state index in [1.165, 1.54) is 21.6 Å². The third-order valence-electron chi connectivity index (χ3n) is 2.10. The molecule has 0 saturated heterocycles. The monoisotopic (exact) mass is 162 g/mol. The van der Waals surface area contributed by atoms with Crippen LogP contribution in [-0.2, 0) is 5.75 Å². The summed E-state index contributed by atoms with van der Waals surface area (Å²) in [6, 6.07) is 6.42. The molecule has 0 spiro atoms. The van der Waals surface area contributed by atoms with Gasteiger partial charge in [0.15, 0.2) is 0 Å². The van der Waals surface area contributed by atoms with Crippen LogP contribution in [0.1, 0.15) is 16.7 Å². The molecule has 0 radical (unpaired) electrons. The van der Waals surface area contributed by atoms with Gasteiger partial charge in [-0.2, -0.15) is 0 Å². The summed E-state index contributed by atoms with van der Waals surface area (Å²) >= 11 is 1.85. The zero-order valence-corrected chi connectivity index (χ0v) is 7.37. The highest BCUT2D eigenvalue weighted by Gasteiger charge is 2.15. The topological polar surface area (TPSA) is 0 Å². The van der Waals surface area contributed by atoms with Gasteiger partial charge in [0, 0.05) is 10.7 Å². The van der Waals surface area contributed by atoms with Gasteiger partial charge in [-0.05, 0) is 23.6 Å². The Labute approximate surface area is 71.3 Å². The van der Waals surface area contributed by atoms with E-state index in [1.807, 2.05) is 11.8 Å². The van der Waals surface area contributed by atoms with Crippen LogP contribution in [0.3, 0.4) is 0 Å². The van der Waals surface area contributed by atoms with Gasteiger partial charge in [0.1, 0.15) is 0 Å². The quantitative estimate of drug-likeness (QED) is 0.564. The van der Waals surface area contributed by atoms with E-state index in [1.54, 1.807) is 0 Å².